The molecule has 0 bridgehead atoms. The molecule has 0 fully saturated rings. The lowest BCUT2D eigenvalue weighted by Crippen LogP contribution is -2.21. The molecule has 2 N–H and O–H groups in total. The van der Waals surface area contributed by atoms with Crippen LogP contribution in [0.1, 0.15) is 43.2 Å². The zero-order valence-electron chi connectivity index (χ0n) is 19.2. The number of nitrogens with two attached hydrogens (primary N) is 1. The van der Waals surface area contributed by atoms with Crippen LogP contribution in [-0.2, 0) is 0 Å². The van der Waals surface area contributed by atoms with Crippen LogP contribution in [0.5, 0.6) is 23.0 Å². The first-order valence-electron chi connectivity index (χ1n) is 11.1. The molecule has 4 rings (SSSR count). The Morgan fingerprint density at radius 3 is 2.42 bits per heavy atom. The summed E-state index contributed by atoms with van der Waals surface area (Å²) in [5, 5.41) is 11.9. The summed E-state index contributed by atoms with van der Waals surface area (Å²) in [7, 11) is 3.19. The molecule has 1 atom stereocenters. The molecule has 3 aromatic carbocycles. The van der Waals surface area contributed by atoms with Gasteiger partial charge < -0.3 is 24.7 Å². The predicted molar refractivity (Wildman–Crippen MR) is 128 cm³/mol. The highest BCUT2D eigenvalue weighted by atomic mass is 16.5. The van der Waals surface area contributed by atoms with Gasteiger partial charge in [0.15, 0.2) is 11.5 Å². The lowest BCUT2D eigenvalue weighted by Gasteiger charge is -2.28. The highest BCUT2D eigenvalue weighted by molar-refractivity contribution is 5.91. The topological polar surface area (TPSA) is 86.7 Å². The van der Waals surface area contributed by atoms with Gasteiger partial charge in [-0.1, -0.05) is 56.2 Å². The van der Waals surface area contributed by atoms with E-state index in [0.717, 1.165) is 41.2 Å². The Balaban J connectivity index is 1.85. The van der Waals surface area contributed by atoms with Crippen molar-refractivity contribution in [2.24, 2.45) is 5.73 Å². The molecule has 1 aliphatic rings. The number of rotatable bonds is 8. The smallest absolute Gasteiger partial charge is 0.205 e. The van der Waals surface area contributed by atoms with Gasteiger partial charge in [0.1, 0.15) is 17.4 Å². The molecule has 6 heteroatoms. The van der Waals surface area contributed by atoms with E-state index in [9.17, 15) is 5.26 Å². The summed E-state index contributed by atoms with van der Waals surface area (Å²) in [5.41, 5.74) is 8.25. The van der Waals surface area contributed by atoms with E-state index in [-0.39, 0.29) is 5.88 Å². The maximum atomic E-state index is 9.95. The van der Waals surface area contributed by atoms with Crippen LogP contribution in [-0.4, -0.2) is 20.8 Å². The summed E-state index contributed by atoms with van der Waals surface area (Å²) < 4.78 is 23.3. The highest BCUT2D eigenvalue weighted by Gasteiger charge is 2.33. The average molecular weight is 445 g/mol. The lowest BCUT2D eigenvalue weighted by atomic mass is 9.82. The normalized spacial score (nSPS) is 14.9. The van der Waals surface area contributed by atoms with Gasteiger partial charge >= 0.3 is 0 Å². The molecule has 0 aliphatic carbocycles. The van der Waals surface area contributed by atoms with Crippen molar-refractivity contribution in [1.82, 2.24) is 0 Å². The Labute approximate surface area is 194 Å². The van der Waals surface area contributed by atoms with Crippen LogP contribution in [0.25, 0.3) is 10.8 Å². The second-order valence-electron chi connectivity index (χ2n) is 7.94. The van der Waals surface area contributed by atoms with Crippen molar-refractivity contribution in [2.75, 3.05) is 20.8 Å². The molecule has 33 heavy (non-hydrogen) atoms. The fraction of sp³-hybridized carbons (Fsp3) is 0.296. The number of benzene rings is 3. The van der Waals surface area contributed by atoms with Gasteiger partial charge in [-0.05, 0) is 29.5 Å². The zero-order chi connectivity index (χ0) is 23.4. The minimum absolute atomic E-state index is 0.101. The minimum atomic E-state index is -0.430. The van der Waals surface area contributed by atoms with Crippen molar-refractivity contribution in [3.05, 3.63) is 71.1 Å². The van der Waals surface area contributed by atoms with E-state index < -0.39 is 5.92 Å². The number of hydrogen-bond acceptors (Lipinski definition) is 6. The highest BCUT2D eigenvalue weighted by Crippen LogP contribution is 2.48. The molecule has 0 saturated heterocycles. The van der Waals surface area contributed by atoms with Crippen molar-refractivity contribution >= 4 is 10.8 Å². The van der Waals surface area contributed by atoms with Gasteiger partial charge in [0, 0.05) is 10.9 Å². The molecule has 1 aliphatic heterocycles. The van der Waals surface area contributed by atoms with Gasteiger partial charge in [-0.2, -0.15) is 5.26 Å². The van der Waals surface area contributed by atoms with Gasteiger partial charge in [-0.25, -0.2) is 0 Å². The largest absolute Gasteiger partial charge is 0.493 e. The number of fused-ring (bicyclic) bond motifs is 3. The number of ether oxygens (including phenoxy) is 4. The fourth-order valence-corrected chi connectivity index (χ4v) is 4.27. The third-order valence-corrected chi connectivity index (χ3v) is 5.92. The van der Waals surface area contributed by atoms with Gasteiger partial charge in [0.25, 0.3) is 0 Å². The van der Waals surface area contributed by atoms with Gasteiger partial charge in [-0.15, -0.1) is 0 Å². The number of nitriles is 1. The van der Waals surface area contributed by atoms with E-state index in [2.05, 4.69) is 13.0 Å². The maximum Gasteiger partial charge on any atom is 0.205 e. The van der Waals surface area contributed by atoms with Crippen molar-refractivity contribution in [3.8, 4) is 29.1 Å². The summed E-state index contributed by atoms with van der Waals surface area (Å²) in [6.45, 7) is 2.72. The second-order valence-corrected chi connectivity index (χ2v) is 7.94. The van der Waals surface area contributed by atoms with Crippen molar-refractivity contribution in [1.29, 1.82) is 5.26 Å². The molecule has 170 valence electrons. The van der Waals surface area contributed by atoms with Gasteiger partial charge in [0.2, 0.25) is 11.6 Å². The van der Waals surface area contributed by atoms with E-state index in [1.165, 1.54) is 0 Å². The standard InChI is InChI=1S/C27H28N2O4/c1-4-5-8-13-32-26-22(30-2)14-18(15-23(26)31-3)24-20-12-11-17-9-6-7-10-19(17)25(20)33-27(29)21(24)16-28/h6-7,9-12,14-15,24H,4-5,8,13,29H2,1-3H3. The molecule has 1 heterocycles. The van der Waals surface area contributed by atoms with E-state index in [1.807, 2.05) is 48.5 Å². The molecule has 0 amide bonds. The van der Waals surface area contributed by atoms with E-state index >= 15 is 0 Å². The van der Waals surface area contributed by atoms with Gasteiger partial charge in [-0.3, -0.25) is 0 Å². The molecule has 0 saturated carbocycles. The average Bonchev–Trinajstić information content (AvgIpc) is 2.85. The Hall–Kier alpha value is -3.85. The van der Waals surface area contributed by atoms with E-state index in [4.69, 9.17) is 24.7 Å². The van der Waals surface area contributed by atoms with Crippen molar-refractivity contribution in [3.63, 3.8) is 0 Å². The van der Waals surface area contributed by atoms with Gasteiger partial charge in [0.05, 0.1) is 26.7 Å². The number of hydrogen-bond donors (Lipinski definition) is 1. The molecule has 0 spiro atoms. The summed E-state index contributed by atoms with van der Waals surface area (Å²) >= 11 is 0. The van der Waals surface area contributed by atoms with E-state index in [0.29, 0.717) is 35.2 Å². The molecule has 6 nitrogen and oxygen atoms in total. The molecular weight excluding hydrogens is 416 g/mol. The van der Waals surface area contributed by atoms with Crippen LogP contribution in [0.3, 0.4) is 0 Å². The third-order valence-electron chi connectivity index (χ3n) is 5.92. The first-order valence-corrected chi connectivity index (χ1v) is 11.1. The van der Waals surface area contributed by atoms with Crippen LogP contribution in [0.15, 0.2) is 60.0 Å². The Morgan fingerprint density at radius 2 is 1.76 bits per heavy atom. The summed E-state index contributed by atoms with van der Waals surface area (Å²) in [6.07, 6.45) is 3.15. The number of unbranched alkanes of at least 4 members (excludes halogenated alkanes) is 2. The summed E-state index contributed by atoms with van der Waals surface area (Å²) in [5.74, 6) is 1.98. The maximum absolute atomic E-state index is 9.95. The Morgan fingerprint density at radius 1 is 1.03 bits per heavy atom. The minimum Gasteiger partial charge on any atom is -0.493 e. The van der Waals surface area contributed by atoms with Crippen LogP contribution in [0, 0.1) is 11.3 Å². The van der Waals surface area contributed by atoms with Crippen LogP contribution < -0.4 is 24.7 Å². The monoisotopic (exact) mass is 444 g/mol. The third kappa shape index (κ3) is 4.14. The van der Waals surface area contributed by atoms with Crippen LogP contribution >= 0.6 is 0 Å². The second kappa shape index (κ2) is 9.74. The predicted octanol–water partition coefficient (Wildman–Crippen LogP) is 5.64. The van der Waals surface area contributed by atoms with E-state index in [1.54, 1.807) is 14.2 Å². The number of allylic oxidation sites excluding steroid dienone is 1. The quantitative estimate of drug-likeness (QED) is 0.452. The van der Waals surface area contributed by atoms with Crippen LogP contribution in [0.2, 0.25) is 0 Å². The molecule has 1 unspecified atom stereocenters. The first-order chi connectivity index (χ1) is 16.1. The SMILES string of the molecule is CCCCCOc1c(OC)cc(C2C(C#N)=C(N)Oc3c2ccc2ccccc32)cc1OC. The molecule has 0 radical (unpaired) electrons. The zero-order valence-corrected chi connectivity index (χ0v) is 19.2. The number of nitrogens with zero attached hydrogens (tertiary/aromatic N) is 1. The first kappa shape index (κ1) is 22.3. The summed E-state index contributed by atoms with van der Waals surface area (Å²) in [4.78, 5) is 0. The van der Waals surface area contributed by atoms with Crippen LogP contribution in [0.4, 0.5) is 0 Å². The Kier molecular flexibility index (Phi) is 6.60. The fourth-order valence-electron chi connectivity index (χ4n) is 4.27. The molecule has 0 aromatic heterocycles. The van der Waals surface area contributed by atoms with Crippen molar-refractivity contribution in [2.45, 2.75) is 32.1 Å². The molecular formula is C27H28N2O4. The number of methoxy groups -OCH3 is 2. The summed E-state index contributed by atoms with van der Waals surface area (Å²) in [6, 6.07) is 18.0. The molecule has 3 aromatic rings. The lowest BCUT2D eigenvalue weighted by molar-refractivity contribution is 0.268. The van der Waals surface area contributed by atoms with Crippen molar-refractivity contribution < 1.29 is 18.9 Å². The Bertz CT molecular complexity index is 1220.